The van der Waals surface area contributed by atoms with Crippen LogP contribution in [0, 0.1) is 0 Å². The Morgan fingerprint density at radius 1 is 1.83 bits per heavy atom. The first-order valence-electron chi connectivity index (χ1n) is 3.78. The molecule has 1 aliphatic heterocycles. The van der Waals surface area contributed by atoms with Gasteiger partial charge in [-0.1, -0.05) is 23.5 Å². The number of rotatable bonds is 3. The lowest BCUT2D eigenvalue weighted by atomic mass is 10.8. The molecule has 0 aliphatic carbocycles. The van der Waals surface area contributed by atoms with Crippen LogP contribution in [0.25, 0.3) is 0 Å². The van der Waals surface area contributed by atoms with Crippen LogP contribution in [0.4, 0.5) is 0 Å². The zero-order valence-electron chi connectivity index (χ0n) is 6.91. The Morgan fingerprint density at radius 3 is 3.25 bits per heavy atom. The van der Waals surface area contributed by atoms with Crippen molar-refractivity contribution < 1.29 is 9.53 Å². The minimum Gasteiger partial charge on any atom is -0.465 e. The number of ether oxygens (including phenoxy) is 1. The molecule has 0 saturated heterocycles. The normalized spacial score (nSPS) is 15.9. The summed E-state index contributed by atoms with van der Waals surface area (Å²) in [4.78, 5) is 15.1. The molecule has 1 aliphatic rings. The van der Waals surface area contributed by atoms with Crippen molar-refractivity contribution >= 4 is 33.9 Å². The van der Waals surface area contributed by atoms with Crippen LogP contribution in [-0.2, 0) is 9.53 Å². The highest BCUT2D eigenvalue weighted by atomic mass is 32.2. The van der Waals surface area contributed by atoms with Crippen molar-refractivity contribution in [3.8, 4) is 0 Å². The Morgan fingerprint density at radius 2 is 2.67 bits per heavy atom. The molecule has 0 bridgehead atoms. The van der Waals surface area contributed by atoms with E-state index >= 15 is 0 Å². The van der Waals surface area contributed by atoms with Gasteiger partial charge in [0.2, 0.25) is 0 Å². The van der Waals surface area contributed by atoms with E-state index in [-0.39, 0.29) is 5.97 Å². The highest BCUT2D eigenvalue weighted by Gasteiger charge is 2.10. The fourth-order valence-electron chi connectivity index (χ4n) is 0.726. The smallest absolute Gasteiger partial charge is 0.316 e. The van der Waals surface area contributed by atoms with Crippen LogP contribution in [0.2, 0.25) is 0 Å². The number of aliphatic imine (C=N–C) groups is 1. The largest absolute Gasteiger partial charge is 0.465 e. The number of carbonyl (C=O) groups is 1. The second-order valence-corrected chi connectivity index (χ2v) is 4.40. The molecule has 0 unspecified atom stereocenters. The van der Waals surface area contributed by atoms with Gasteiger partial charge in [0.1, 0.15) is 4.38 Å². The fourth-order valence-corrected chi connectivity index (χ4v) is 2.53. The van der Waals surface area contributed by atoms with Crippen LogP contribution in [0.3, 0.4) is 0 Å². The van der Waals surface area contributed by atoms with Gasteiger partial charge in [-0.3, -0.25) is 9.79 Å². The predicted molar refractivity (Wildman–Crippen MR) is 53.9 cm³/mol. The van der Waals surface area contributed by atoms with E-state index in [1.54, 1.807) is 11.8 Å². The lowest BCUT2D eigenvalue weighted by Crippen LogP contribution is -2.07. The molecule has 0 radical (unpaired) electrons. The number of esters is 1. The summed E-state index contributed by atoms with van der Waals surface area (Å²) >= 11 is 3.18. The van der Waals surface area contributed by atoms with E-state index in [0.717, 1.165) is 16.7 Å². The van der Waals surface area contributed by atoms with Crippen LogP contribution < -0.4 is 0 Å². The van der Waals surface area contributed by atoms with Crippen molar-refractivity contribution in [1.82, 2.24) is 0 Å². The van der Waals surface area contributed by atoms with Gasteiger partial charge < -0.3 is 4.74 Å². The standard InChI is InChI=1S/C7H11NO2S2/c1-2-10-6(9)5-12-7-8-3-4-11-7/h2-5H2,1H3. The lowest BCUT2D eigenvalue weighted by molar-refractivity contribution is -0.139. The molecular weight excluding hydrogens is 194 g/mol. The Hall–Kier alpha value is -0.160. The van der Waals surface area contributed by atoms with Crippen molar-refractivity contribution in [3.05, 3.63) is 0 Å². The van der Waals surface area contributed by atoms with Gasteiger partial charge in [-0.2, -0.15) is 0 Å². The molecule has 0 aromatic heterocycles. The minimum absolute atomic E-state index is 0.155. The van der Waals surface area contributed by atoms with Gasteiger partial charge >= 0.3 is 5.97 Å². The van der Waals surface area contributed by atoms with Gasteiger partial charge in [0.15, 0.2) is 0 Å². The van der Waals surface area contributed by atoms with E-state index in [2.05, 4.69) is 4.99 Å². The van der Waals surface area contributed by atoms with Crippen LogP contribution in [0.1, 0.15) is 6.92 Å². The summed E-state index contributed by atoms with van der Waals surface area (Å²) in [6.45, 7) is 3.15. The monoisotopic (exact) mass is 205 g/mol. The molecule has 1 rings (SSSR count). The van der Waals surface area contributed by atoms with Crippen LogP contribution in [-0.4, -0.2) is 35.0 Å². The summed E-state index contributed by atoms with van der Waals surface area (Å²) in [5.74, 6) is 1.28. The maximum atomic E-state index is 10.9. The van der Waals surface area contributed by atoms with Crippen molar-refractivity contribution in [2.24, 2.45) is 4.99 Å². The van der Waals surface area contributed by atoms with Gasteiger partial charge in [-0.15, -0.1) is 0 Å². The third-order valence-electron chi connectivity index (χ3n) is 1.18. The van der Waals surface area contributed by atoms with E-state index in [9.17, 15) is 4.79 Å². The van der Waals surface area contributed by atoms with Crippen LogP contribution >= 0.6 is 23.5 Å². The maximum absolute atomic E-state index is 10.9. The van der Waals surface area contributed by atoms with Gasteiger partial charge in [-0.05, 0) is 6.92 Å². The summed E-state index contributed by atoms with van der Waals surface area (Å²) in [6, 6.07) is 0. The van der Waals surface area contributed by atoms with E-state index in [1.807, 2.05) is 6.92 Å². The summed E-state index contributed by atoms with van der Waals surface area (Å²) in [5.41, 5.74) is 0. The van der Waals surface area contributed by atoms with Crippen LogP contribution in [0.15, 0.2) is 4.99 Å². The topological polar surface area (TPSA) is 38.7 Å². The molecule has 0 N–H and O–H groups in total. The Labute approximate surface area is 80.3 Å². The molecule has 3 nitrogen and oxygen atoms in total. The van der Waals surface area contributed by atoms with Crippen molar-refractivity contribution in [2.45, 2.75) is 6.92 Å². The lowest BCUT2D eigenvalue weighted by Gasteiger charge is -1.99. The zero-order valence-corrected chi connectivity index (χ0v) is 8.54. The molecule has 0 atom stereocenters. The molecule has 0 aromatic carbocycles. The van der Waals surface area contributed by atoms with Crippen molar-refractivity contribution in [3.63, 3.8) is 0 Å². The molecular formula is C7H11NO2S2. The fraction of sp³-hybridized carbons (Fsp3) is 0.714. The molecule has 0 saturated carbocycles. The maximum Gasteiger partial charge on any atom is 0.316 e. The Kier molecular flexibility index (Phi) is 4.53. The molecule has 0 spiro atoms. The number of thioether (sulfide) groups is 2. The molecule has 68 valence electrons. The molecule has 0 amide bonds. The second kappa shape index (κ2) is 5.48. The van der Waals surface area contributed by atoms with Crippen molar-refractivity contribution in [2.75, 3.05) is 24.7 Å². The van der Waals surface area contributed by atoms with Gasteiger partial charge in [-0.25, -0.2) is 0 Å². The Bertz CT molecular complexity index is 194. The molecule has 0 fully saturated rings. The predicted octanol–water partition coefficient (Wildman–Crippen LogP) is 1.39. The van der Waals surface area contributed by atoms with E-state index in [1.165, 1.54) is 11.8 Å². The number of hydrogen-bond acceptors (Lipinski definition) is 5. The van der Waals surface area contributed by atoms with Gasteiger partial charge in [0, 0.05) is 5.75 Å². The third-order valence-corrected chi connectivity index (χ3v) is 3.40. The average Bonchev–Trinajstić information content (AvgIpc) is 2.53. The molecule has 1 heterocycles. The number of nitrogens with zero attached hydrogens (tertiary/aromatic N) is 1. The SMILES string of the molecule is CCOC(=O)CSC1=NCCS1. The van der Waals surface area contributed by atoms with Gasteiger partial charge in [0.25, 0.3) is 0 Å². The molecule has 12 heavy (non-hydrogen) atoms. The summed E-state index contributed by atoms with van der Waals surface area (Å²) in [6.07, 6.45) is 0. The van der Waals surface area contributed by atoms with Gasteiger partial charge in [0.05, 0.1) is 18.9 Å². The summed E-state index contributed by atoms with van der Waals surface area (Å²) < 4.78 is 5.79. The Balaban J connectivity index is 2.12. The van der Waals surface area contributed by atoms with Crippen molar-refractivity contribution in [1.29, 1.82) is 0 Å². The van der Waals surface area contributed by atoms with E-state index < -0.39 is 0 Å². The summed E-state index contributed by atoms with van der Waals surface area (Å²) in [5, 5.41) is 0. The third kappa shape index (κ3) is 3.49. The van der Waals surface area contributed by atoms with E-state index in [4.69, 9.17) is 4.74 Å². The minimum atomic E-state index is -0.155. The average molecular weight is 205 g/mol. The quantitative estimate of drug-likeness (QED) is 0.653. The molecule has 5 heteroatoms. The number of hydrogen-bond donors (Lipinski definition) is 0. The summed E-state index contributed by atoms with van der Waals surface area (Å²) in [7, 11) is 0. The highest BCUT2D eigenvalue weighted by molar-refractivity contribution is 8.39. The number of carbonyl (C=O) groups excluding carboxylic acids is 1. The second-order valence-electron chi connectivity index (χ2n) is 2.09. The van der Waals surface area contributed by atoms with E-state index in [0.29, 0.717) is 12.4 Å². The molecule has 0 aromatic rings. The zero-order chi connectivity index (χ0) is 8.81. The first-order valence-corrected chi connectivity index (χ1v) is 5.75. The van der Waals surface area contributed by atoms with Crippen LogP contribution in [0.5, 0.6) is 0 Å². The first kappa shape index (κ1) is 9.92. The highest BCUT2D eigenvalue weighted by Crippen LogP contribution is 2.21. The first-order chi connectivity index (χ1) is 5.83.